The molecule has 1 fully saturated rings. The van der Waals surface area contributed by atoms with E-state index in [2.05, 4.69) is 10.1 Å². The first-order valence-electron chi connectivity index (χ1n) is 9.10. The number of rotatable bonds is 2. The Labute approximate surface area is 155 Å². The second kappa shape index (κ2) is 5.83. The van der Waals surface area contributed by atoms with Crippen molar-refractivity contribution in [1.82, 2.24) is 24.4 Å². The van der Waals surface area contributed by atoms with Gasteiger partial charge >= 0.3 is 6.09 Å². The standard InChI is InChI=1S/C18H23N5O4/c1-5-10-6-13-19-14-12(15(24)23(13)20-10)9-22(16(14)25)11-7-21(8-11)17(26)27-18(2,3)4/h6,11,20H,5,7-9H2,1-4H3. The summed E-state index contributed by atoms with van der Waals surface area (Å²) < 4.78 is 6.73. The molecule has 2 aromatic heterocycles. The number of ether oxygens (including phenoxy) is 1. The highest BCUT2D eigenvalue weighted by Gasteiger charge is 2.43. The maximum atomic E-state index is 12.8. The first kappa shape index (κ1) is 17.6. The molecule has 2 aliphatic heterocycles. The number of aromatic nitrogens is 3. The third-order valence-corrected chi connectivity index (χ3v) is 4.89. The Kier molecular flexibility index (Phi) is 3.79. The molecule has 2 amide bonds. The number of carbonyl (C=O) groups excluding carboxylic acids is 2. The summed E-state index contributed by atoms with van der Waals surface area (Å²) in [6, 6.07) is 1.65. The quantitative estimate of drug-likeness (QED) is 0.851. The predicted octanol–water partition coefficient (Wildman–Crippen LogP) is 1.16. The van der Waals surface area contributed by atoms with Crippen LogP contribution in [0.25, 0.3) is 5.65 Å². The monoisotopic (exact) mass is 373 g/mol. The zero-order valence-corrected chi connectivity index (χ0v) is 15.9. The number of fused-ring (bicyclic) bond motifs is 2. The molecule has 0 aliphatic carbocycles. The number of amides is 2. The molecule has 4 heterocycles. The lowest BCUT2D eigenvalue weighted by molar-refractivity contribution is -0.0126. The van der Waals surface area contributed by atoms with E-state index in [9.17, 15) is 14.4 Å². The van der Waals surface area contributed by atoms with Gasteiger partial charge in [-0.1, -0.05) is 6.92 Å². The van der Waals surface area contributed by atoms with Crippen LogP contribution in [0.15, 0.2) is 10.9 Å². The topological polar surface area (TPSA) is 100 Å². The summed E-state index contributed by atoms with van der Waals surface area (Å²) >= 11 is 0. The van der Waals surface area contributed by atoms with E-state index in [-0.39, 0.29) is 35.8 Å². The zero-order chi connectivity index (χ0) is 19.5. The van der Waals surface area contributed by atoms with Gasteiger partial charge in [0.2, 0.25) is 0 Å². The van der Waals surface area contributed by atoms with Crippen molar-refractivity contribution < 1.29 is 14.3 Å². The highest BCUT2D eigenvalue weighted by Crippen LogP contribution is 2.26. The summed E-state index contributed by atoms with van der Waals surface area (Å²) in [5.74, 6) is -0.252. The van der Waals surface area contributed by atoms with E-state index in [0.717, 1.165) is 12.1 Å². The molecule has 9 nitrogen and oxygen atoms in total. The summed E-state index contributed by atoms with van der Waals surface area (Å²) in [7, 11) is 0. The minimum atomic E-state index is -0.557. The van der Waals surface area contributed by atoms with Crippen molar-refractivity contribution in [2.24, 2.45) is 0 Å². The van der Waals surface area contributed by atoms with Crippen LogP contribution in [0.4, 0.5) is 4.79 Å². The molecule has 0 atom stereocenters. The van der Waals surface area contributed by atoms with Gasteiger partial charge in [0.25, 0.3) is 11.5 Å². The number of aryl methyl sites for hydroxylation is 1. The molecule has 1 N–H and O–H groups in total. The minimum absolute atomic E-state index is 0.131. The van der Waals surface area contributed by atoms with E-state index < -0.39 is 5.60 Å². The van der Waals surface area contributed by atoms with Gasteiger partial charge in [0, 0.05) is 24.8 Å². The van der Waals surface area contributed by atoms with Gasteiger partial charge in [-0.3, -0.25) is 14.7 Å². The Balaban J connectivity index is 1.51. The van der Waals surface area contributed by atoms with Gasteiger partial charge in [0.1, 0.15) is 11.3 Å². The average Bonchev–Trinajstić information content (AvgIpc) is 3.08. The molecule has 9 heteroatoms. The van der Waals surface area contributed by atoms with Crippen molar-refractivity contribution in [3.63, 3.8) is 0 Å². The second-order valence-corrected chi connectivity index (χ2v) is 8.04. The molecule has 144 valence electrons. The molecule has 0 aromatic carbocycles. The first-order valence-corrected chi connectivity index (χ1v) is 9.10. The minimum Gasteiger partial charge on any atom is -0.444 e. The van der Waals surface area contributed by atoms with E-state index in [1.807, 2.05) is 27.7 Å². The summed E-state index contributed by atoms with van der Waals surface area (Å²) in [6.45, 7) is 8.43. The number of hydrogen-bond acceptors (Lipinski definition) is 5. The van der Waals surface area contributed by atoms with Gasteiger partial charge in [-0.25, -0.2) is 14.3 Å². The van der Waals surface area contributed by atoms with Crippen LogP contribution in [0, 0.1) is 0 Å². The number of carbonyl (C=O) groups is 2. The van der Waals surface area contributed by atoms with Gasteiger partial charge < -0.3 is 14.5 Å². The van der Waals surface area contributed by atoms with E-state index in [1.165, 1.54) is 4.52 Å². The van der Waals surface area contributed by atoms with Crippen LogP contribution >= 0.6 is 0 Å². The largest absolute Gasteiger partial charge is 0.444 e. The molecule has 2 aliphatic rings. The van der Waals surface area contributed by atoms with Crippen molar-refractivity contribution in [2.45, 2.75) is 52.3 Å². The highest BCUT2D eigenvalue weighted by atomic mass is 16.6. The zero-order valence-electron chi connectivity index (χ0n) is 15.9. The molecule has 0 saturated carbocycles. The molecular weight excluding hydrogens is 350 g/mol. The summed E-state index contributed by atoms with van der Waals surface area (Å²) in [4.78, 5) is 45.2. The fourth-order valence-corrected chi connectivity index (χ4v) is 3.41. The van der Waals surface area contributed by atoms with Gasteiger partial charge in [0.05, 0.1) is 18.2 Å². The smallest absolute Gasteiger partial charge is 0.410 e. The second-order valence-electron chi connectivity index (χ2n) is 8.04. The van der Waals surface area contributed by atoms with Crippen molar-refractivity contribution in [3.8, 4) is 0 Å². The third-order valence-electron chi connectivity index (χ3n) is 4.89. The van der Waals surface area contributed by atoms with E-state index in [1.54, 1.807) is 15.9 Å². The number of nitrogens with one attached hydrogen (secondary N) is 1. The van der Waals surface area contributed by atoms with Crippen LogP contribution in [-0.4, -0.2) is 61.1 Å². The van der Waals surface area contributed by atoms with Gasteiger partial charge in [-0.2, -0.15) is 0 Å². The Morgan fingerprint density at radius 3 is 2.67 bits per heavy atom. The Morgan fingerprint density at radius 1 is 1.33 bits per heavy atom. The van der Waals surface area contributed by atoms with Crippen molar-refractivity contribution in [2.75, 3.05) is 13.1 Å². The molecule has 0 unspecified atom stereocenters. The van der Waals surface area contributed by atoms with Crippen LogP contribution < -0.4 is 5.56 Å². The Morgan fingerprint density at radius 2 is 2.04 bits per heavy atom. The van der Waals surface area contributed by atoms with Crippen LogP contribution in [-0.2, 0) is 17.7 Å². The Bertz CT molecular complexity index is 994. The lowest BCUT2D eigenvalue weighted by atomic mass is 10.1. The molecule has 0 radical (unpaired) electrons. The fourth-order valence-electron chi connectivity index (χ4n) is 3.41. The highest BCUT2D eigenvalue weighted by molar-refractivity contribution is 5.97. The number of likely N-dealkylation sites (tertiary alicyclic amines) is 1. The molecule has 0 spiro atoms. The van der Waals surface area contributed by atoms with Gasteiger partial charge in [0.15, 0.2) is 5.65 Å². The maximum absolute atomic E-state index is 12.8. The number of aromatic amines is 1. The third kappa shape index (κ3) is 2.87. The SMILES string of the molecule is CCc1cc2nc3c(c(=O)n2[nH]1)CN(C1CN(C(=O)OC(C)(C)C)C1)C3=O. The van der Waals surface area contributed by atoms with Crippen LogP contribution in [0.3, 0.4) is 0 Å². The van der Waals surface area contributed by atoms with Gasteiger partial charge in [-0.05, 0) is 27.2 Å². The molecular formula is C18H23N5O4. The van der Waals surface area contributed by atoms with E-state index in [0.29, 0.717) is 24.3 Å². The van der Waals surface area contributed by atoms with E-state index >= 15 is 0 Å². The van der Waals surface area contributed by atoms with Crippen LogP contribution in [0.1, 0.15) is 49.4 Å². The van der Waals surface area contributed by atoms with Crippen molar-refractivity contribution in [1.29, 1.82) is 0 Å². The van der Waals surface area contributed by atoms with Crippen molar-refractivity contribution in [3.05, 3.63) is 33.4 Å². The van der Waals surface area contributed by atoms with Crippen LogP contribution in [0.2, 0.25) is 0 Å². The molecule has 2 aromatic rings. The first-order chi connectivity index (χ1) is 12.7. The lowest BCUT2D eigenvalue weighted by Gasteiger charge is -2.43. The van der Waals surface area contributed by atoms with E-state index in [4.69, 9.17) is 4.74 Å². The number of hydrogen-bond donors (Lipinski definition) is 1. The fraction of sp³-hybridized carbons (Fsp3) is 0.556. The summed E-state index contributed by atoms with van der Waals surface area (Å²) in [5.41, 5.74) is 1.16. The maximum Gasteiger partial charge on any atom is 0.410 e. The van der Waals surface area contributed by atoms with Gasteiger partial charge in [-0.15, -0.1) is 0 Å². The Hall–Kier alpha value is -2.84. The number of nitrogens with zero attached hydrogens (tertiary/aromatic N) is 4. The normalized spacial score (nSPS) is 17.4. The molecule has 4 rings (SSSR count). The average molecular weight is 373 g/mol. The van der Waals surface area contributed by atoms with Crippen molar-refractivity contribution >= 4 is 17.6 Å². The molecule has 0 bridgehead atoms. The number of H-pyrrole nitrogens is 1. The molecule has 27 heavy (non-hydrogen) atoms. The summed E-state index contributed by atoms with van der Waals surface area (Å²) in [6.07, 6.45) is 0.359. The predicted molar refractivity (Wildman–Crippen MR) is 96.7 cm³/mol. The lowest BCUT2D eigenvalue weighted by Crippen LogP contribution is -2.61. The van der Waals surface area contributed by atoms with Crippen LogP contribution in [0.5, 0.6) is 0 Å². The summed E-state index contributed by atoms with van der Waals surface area (Å²) in [5, 5.41) is 3.02. The molecule has 1 saturated heterocycles.